The smallest absolute Gasteiger partial charge is 0.487 e. The van der Waals surface area contributed by atoms with E-state index in [1.54, 1.807) is 0 Å². The van der Waals surface area contributed by atoms with Gasteiger partial charge in [-0.1, -0.05) is 0 Å². The van der Waals surface area contributed by atoms with Crippen LogP contribution in [-0.2, 0) is 6.18 Å². The Labute approximate surface area is 113 Å². The Balaban J connectivity index is 3.52. The van der Waals surface area contributed by atoms with Crippen molar-refractivity contribution in [1.29, 1.82) is 0 Å². The number of halogens is 6. The van der Waals surface area contributed by atoms with Crippen LogP contribution in [0.4, 0.5) is 32.0 Å². The van der Waals surface area contributed by atoms with Crippen LogP contribution in [0.5, 0.6) is 11.5 Å². The second-order valence-electron chi connectivity index (χ2n) is 3.55. The van der Waals surface area contributed by atoms with Crippen molar-refractivity contribution in [2.75, 3.05) is 6.61 Å². The van der Waals surface area contributed by atoms with Crippen LogP contribution in [0.3, 0.4) is 0 Å². The van der Waals surface area contributed by atoms with Gasteiger partial charge in [-0.2, -0.15) is 13.2 Å². The number of hydrogen-bond donors (Lipinski definition) is 0. The molecule has 21 heavy (non-hydrogen) atoms. The Morgan fingerprint density at radius 1 is 1.14 bits per heavy atom. The second-order valence-corrected chi connectivity index (χ2v) is 3.55. The maximum absolute atomic E-state index is 12.7. The zero-order valence-corrected chi connectivity index (χ0v) is 10.2. The molecule has 1 aromatic carbocycles. The van der Waals surface area contributed by atoms with Gasteiger partial charge in [-0.15, -0.1) is 13.2 Å². The van der Waals surface area contributed by atoms with E-state index in [-0.39, 0.29) is 18.7 Å². The van der Waals surface area contributed by atoms with Gasteiger partial charge in [0.1, 0.15) is 11.3 Å². The van der Waals surface area contributed by atoms with Crippen molar-refractivity contribution in [2.45, 2.75) is 19.5 Å². The maximum atomic E-state index is 12.7. The Bertz CT molecular complexity index is 540. The lowest BCUT2D eigenvalue weighted by Crippen LogP contribution is -2.20. The van der Waals surface area contributed by atoms with Crippen molar-refractivity contribution in [2.24, 2.45) is 0 Å². The van der Waals surface area contributed by atoms with Gasteiger partial charge in [0, 0.05) is 6.07 Å². The summed E-state index contributed by atoms with van der Waals surface area (Å²) in [4.78, 5) is 9.51. The molecule has 0 bridgehead atoms. The van der Waals surface area contributed by atoms with Crippen LogP contribution in [0.25, 0.3) is 0 Å². The fraction of sp³-hybridized carbons (Fsp3) is 0.400. The topological polar surface area (TPSA) is 61.6 Å². The first-order valence-electron chi connectivity index (χ1n) is 5.24. The summed E-state index contributed by atoms with van der Waals surface area (Å²) in [6.07, 6.45) is -10.6. The Kier molecular flexibility index (Phi) is 4.54. The van der Waals surface area contributed by atoms with Gasteiger partial charge in [-0.05, 0) is 6.92 Å². The molecule has 0 unspecified atom stereocenters. The second kappa shape index (κ2) is 5.66. The minimum Gasteiger partial charge on any atom is -0.487 e. The summed E-state index contributed by atoms with van der Waals surface area (Å²) in [7, 11) is 0. The molecule has 0 aromatic heterocycles. The Morgan fingerprint density at radius 3 is 2.10 bits per heavy atom. The Hall–Kier alpha value is -2.20. The van der Waals surface area contributed by atoms with Gasteiger partial charge in [0.15, 0.2) is 5.75 Å². The molecule has 0 fully saturated rings. The lowest BCUT2D eigenvalue weighted by molar-refractivity contribution is -0.386. The zero-order valence-electron chi connectivity index (χ0n) is 10.2. The van der Waals surface area contributed by atoms with Crippen molar-refractivity contribution in [3.05, 3.63) is 27.8 Å². The zero-order chi connectivity index (χ0) is 16.4. The first-order valence-corrected chi connectivity index (χ1v) is 5.24. The predicted octanol–water partition coefficient (Wildman–Crippen LogP) is 3.91. The van der Waals surface area contributed by atoms with Crippen LogP contribution in [0, 0.1) is 10.1 Å². The molecule has 0 spiro atoms. The third-order valence-corrected chi connectivity index (χ3v) is 2.09. The highest BCUT2D eigenvalue weighted by atomic mass is 19.4. The molecule has 0 N–H and O–H groups in total. The summed E-state index contributed by atoms with van der Waals surface area (Å²) in [5.41, 5.74) is -2.89. The van der Waals surface area contributed by atoms with Gasteiger partial charge < -0.3 is 9.47 Å². The number of hydrogen-bond acceptors (Lipinski definition) is 4. The largest absolute Gasteiger partial charge is 0.573 e. The summed E-state index contributed by atoms with van der Waals surface area (Å²) in [5, 5.41) is 10.7. The highest BCUT2D eigenvalue weighted by Gasteiger charge is 2.41. The highest BCUT2D eigenvalue weighted by Crippen LogP contribution is 2.44. The van der Waals surface area contributed by atoms with Crippen LogP contribution < -0.4 is 9.47 Å². The SMILES string of the molecule is CCOc1cc(C(F)(F)F)c(OC(F)(F)F)cc1[N+](=O)[O-]. The first kappa shape index (κ1) is 16.9. The molecule has 0 radical (unpaired) electrons. The van der Waals surface area contributed by atoms with E-state index in [0.717, 1.165) is 0 Å². The number of rotatable bonds is 4. The summed E-state index contributed by atoms with van der Waals surface area (Å²) < 4.78 is 82.3. The number of benzene rings is 1. The lowest BCUT2D eigenvalue weighted by Gasteiger charge is -2.16. The van der Waals surface area contributed by atoms with E-state index in [1.807, 2.05) is 0 Å². The van der Waals surface area contributed by atoms with Crippen molar-refractivity contribution in [3.63, 3.8) is 0 Å². The van der Waals surface area contributed by atoms with E-state index in [0.29, 0.717) is 0 Å². The lowest BCUT2D eigenvalue weighted by atomic mass is 10.1. The fourth-order valence-corrected chi connectivity index (χ4v) is 1.39. The van der Waals surface area contributed by atoms with Crippen molar-refractivity contribution in [3.8, 4) is 11.5 Å². The molecule has 5 nitrogen and oxygen atoms in total. The van der Waals surface area contributed by atoms with Crippen LogP contribution in [0.15, 0.2) is 12.1 Å². The molecule has 11 heteroatoms. The predicted molar refractivity (Wildman–Crippen MR) is 56.0 cm³/mol. The number of ether oxygens (including phenoxy) is 2. The molecule has 0 atom stereocenters. The number of alkyl halides is 6. The first-order chi connectivity index (χ1) is 9.45. The molecular formula is C10H7F6NO4. The maximum Gasteiger partial charge on any atom is 0.573 e. The minimum atomic E-state index is -5.43. The summed E-state index contributed by atoms with van der Waals surface area (Å²) in [6, 6.07) is 0.129. The monoisotopic (exact) mass is 319 g/mol. The molecule has 0 aliphatic heterocycles. The van der Waals surface area contributed by atoms with Crippen molar-refractivity contribution < 1.29 is 40.7 Å². The van der Waals surface area contributed by atoms with E-state index in [9.17, 15) is 36.5 Å². The van der Waals surface area contributed by atoms with Crippen LogP contribution in [-0.4, -0.2) is 17.9 Å². The van der Waals surface area contributed by atoms with Crippen LogP contribution >= 0.6 is 0 Å². The van der Waals surface area contributed by atoms with Gasteiger partial charge in [0.25, 0.3) is 0 Å². The summed E-state index contributed by atoms with van der Waals surface area (Å²) in [6.45, 7) is 1.13. The molecule has 0 saturated carbocycles. The quantitative estimate of drug-likeness (QED) is 0.479. The molecule has 118 valence electrons. The molecule has 0 amide bonds. The van der Waals surface area contributed by atoms with E-state index in [1.165, 1.54) is 6.92 Å². The normalized spacial score (nSPS) is 12.1. The average Bonchev–Trinajstić information content (AvgIpc) is 2.27. The van der Waals surface area contributed by atoms with E-state index < -0.39 is 40.2 Å². The van der Waals surface area contributed by atoms with E-state index >= 15 is 0 Å². The molecule has 0 saturated heterocycles. The van der Waals surface area contributed by atoms with Crippen LogP contribution in [0.1, 0.15) is 12.5 Å². The van der Waals surface area contributed by atoms with Gasteiger partial charge in [0.05, 0.1) is 17.6 Å². The van der Waals surface area contributed by atoms with E-state index in [2.05, 4.69) is 9.47 Å². The minimum absolute atomic E-state index is 0.0291. The number of nitro groups is 1. The number of nitro benzene ring substituents is 1. The molecule has 0 heterocycles. The van der Waals surface area contributed by atoms with Crippen LogP contribution in [0.2, 0.25) is 0 Å². The summed E-state index contributed by atoms with van der Waals surface area (Å²) in [5.74, 6) is -2.52. The highest BCUT2D eigenvalue weighted by molar-refractivity contribution is 5.56. The molecular weight excluding hydrogens is 312 g/mol. The molecule has 0 aliphatic rings. The third-order valence-electron chi connectivity index (χ3n) is 2.09. The van der Waals surface area contributed by atoms with E-state index in [4.69, 9.17) is 0 Å². The summed E-state index contributed by atoms with van der Waals surface area (Å²) >= 11 is 0. The fourth-order valence-electron chi connectivity index (χ4n) is 1.39. The van der Waals surface area contributed by atoms with Gasteiger partial charge in [-0.3, -0.25) is 10.1 Å². The molecule has 1 aromatic rings. The van der Waals surface area contributed by atoms with Crippen molar-refractivity contribution >= 4 is 5.69 Å². The molecule has 1 rings (SSSR count). The average molecular weight is 319 g/mol. The standard InChI is InChI=1S/C10H7F6NO4/c1-2-20-8-3-5(9(11,12)13)7(21-10(14,15)16)4-6(8)17(18)19/h3-4H,2H2,1H3. The Morgan fingerprint density at radius 2 is 1.71 bits per heavy atom. The van der Waals surface area contributed by atoms with Gasteiger partial charge in [0.2, 0.25) is 0 Å². The van der Waals surface area contributed by atoms with Gasteiger partial charge >= 0.3 is 18.2 Å². The molecule has 0 aliphatic carbocycles. The van der Waals surface area contributed by atoms with Gasteiger partial charge in [-0.25, -0.2) is 0 Å². The van der Waals surface area contributed by atoms with Crippen molar-refractivity contribution in [1.82, 2.24) is 0 Å². The number of nitrogens with zero attached hydrogens (tertiary/aromatic N) is 1. The third kappa shape index (κ3) is 4.39.